The number of ether oxygens (including phenoxy) is 2. The molecule has 1 aromatic carbocycles. The number of benzene rings is 1. The van der Waals surface area contributed by atoms with Gasteiger partial charge in [0.2, 0.25) is 0 Å². The van der Waals surface area contributed by atoms with E-state index < -0.39 is 0 Å². The lowest BCUT2D eigenvalue weighted by atomic mass is 10.1. The molecular formula is C11H13BrO2. The predicted octanol–water partition coefficient (Wildman–Crippen LogP) is 3.11. The standard InChI is InChI=1S/C11H13BrO2/c1-8(7-12)9-4-5-10(13-2)11(6-9)14-3/h4-6H,1,7H2,2-3H3. The van der Waals surface area contributed by atoms with Gasteiger partial charge in [-0.2, -0.15) is 0 Å². The van der Waals surface area contributed by atoms with E-state index in [0.717, 1.165) is 28.0 Å². The summed E-state index contributed by atoms with van der Waals surface area (Å²) in [5.74, 6) is 1.46. The third-order valence-corrected chi connectivity index (χ3v) is 2.63. The van der Waals surface area contributed by atoms with Crippen molar-refractivity contribution in [3.8, 4) is 11.5 Å². The van der Waals surface area contributed by atoms with Crippen molar-refractivity contribution in [2.75, 3.05) is 19.5 Å². The van der Waals surface area contributed by atoms with Gasteiger partial charge in [-0.05, 0) is 23.3 Å². The summed E-state index contributed by atoms with van der Waals surface area (Å²) in [6.07, 6.45) is 0. The monoisotopic (exact) mass is 256 g/mol. The van der Waals surface area contributed by atoms with Gasteiger partial charge in [-0.3, -0.25) is 0 Å². The van der Waals surface area contributed by atoms with E-state index in [1.807, 2.05) is 18.2 Å². The highest BCUT2D eigenvalue weighted by Gasteiger charge is 2.05. The van der Waals surface area contributed by atoms with Crippen LogP contribution in [0.15, 0.2) is 24.8 Å². The minimum absolute atomic E-state index is 0.729. The molecule has 14 heavy (non-hydrogen) atoms. The second kappa shape index (κ2) is 5.05. The Balaban J connectivity index is 3.07. The van der Waals surface area contributed by atoms with Crippen molar-refractivity contribution >= 4 is 21.5 Å². The van der Waals surface area contributed by atoms with Gasteiger partial charge < -0.3 is 9.47 Å². The lowest BCUT2D eigenvalue weighted by Gasteiger charge is -2.09. The Kier molecular flexibility index (Phi) is 4.01. The van der Waals surface area contributed by atoms with E-state index in [0.29, 0.717) is 0 Å². The molecule has 0 aliphatic carbocycles. The molecule has 0 aromatic heterocycles. The summed E-state index contributed by atoms with van der Waals surface area (Å²) < 4.78 is 10.3. The van der Waals surface area contributed by atoms with Crippen molar-refractivity contribution in [3.63, 3.8) is 0 Å². The fourth-order valence-corrected chi connectivity index (χ4v) is 1.46. The lowest BCUT2D eigenvalue weighted by Crippen LogP contribution is -1.92. The van der Waals surface area contributed by atoms with Crippen molar-refractivity contribution in [3.05, 3.63) is 30.3 Å². The number of allylic oxidation sites excluding steroid dienone is 1. The summed E-state index contributed by atoms with van der Waals surface area (Å²) in [7, 11) is 3.25. The first-order valence-corrected chi connectivity index (χ1v) is 5.31. The van der Waals surface area contributed by atoms with Crippen LogP contribution in [0.25, 0.3) is 5.57 Å². The molecule has 0 bridgehead atoms. The molecule has 0 amide bonds. The SMILES string of the molecule is C=C(CBr)c1ccc(OC)c(OC)c1. The van der Waals surface area contributed by atoms with E-state index in [-0.39, 0.29) is 0 Å². The first kappa shape index (κ1) is 11.1. The van der Waals surface area contributed by atoms with Crippen molar-refractivity contribution in [2.45, 2.75) is 0 Å². The third-order valence-electron chi connectivity index (χ3n) is 1.95. The number of hydrogen-bond donors (Lipinski definition) is 0. The van der Waals surface area contributed by atoms with Crippen LogP contribution >= 0.6 is 15.9 Å². The topological polar surface area (TPSA) is 18.5 Å². The van der Waals surface area contributed by atoms with E-state index >= 15 is 0 Å². The van der Waals surface area contributed by atoms with Crippen molar-refractivity contribution in [1.29, 1.82) is 0 Å². The first-order valence-electron chi connectivity index (χ1n) is 4.19. The van der Waals surface area contributed by atoms with Gasteiger partial charge in [-0.1, -0.05) is 28.6 Å². The Morgan fingerprint density at radius 2 is 1.93 bits per heavy atom. The van der Waals surface area contributed by atoms with Gasteiger partial charge in [0.1, 0.15) is 0 Å². The van der Waals surface area contributed by atoms with Gasteiger partial charge in [-0.25, -0.2) is 0 Å². The molecule has 1 aromatic rings. The maximum absolute atomic E-state index is 5.19. The second-order valence-electron chi connectivity index (χ2n) is 2.81. The summed E-state index contributed by atoms with van der Waals surface area (Å²) in [6, 6.07) is 5.76. The molecule has 0 radical (unpaired) electrons. The summed E-state index contributed by atoms with van der Waals surface area (Å²) >= 11 is 3.36. The largest absolute Gasteiger partial charge is 0.493 e. The van der Waals surface area contributed by atoms with Crippen LogP contribution in [0.2, 0.25) is 0 Å². The van der Waals surface area contributed by atoms with Gasteiger partial charge in [0.05, 0.1) is 14.2 Å². The molecule has 0 aliphatic heterocycles. The van der Waals surface area contributed by atoms with Crippen molar-refractivity contribution in [2.24, 2.45) is 0 Å². The highest BCUT2D eigenvalue weighted by Crippen LogP contribution is 2.30. The maximum atomic E-state index is 5.19. The summed E-state index contributed by atoms with van der Waals surface area (Å²) in [5.41, 5.74) is 2.07. The molecule has 3 heteroatoms. The van der Waals surface area contributed by atoms with Gasteiger partial charge in [-0.15, -0.1) is 0 Å². The van der Waals surface area contributed by atoms with E-state index in [9.17, 15) is 0 Å². The van der Waals surface area contributed by atoms with Gasteiger partial charge >= 0.3 is 0 Å². The number of alkyl halides is 1. The Morgan fingerprint density at radius 1 is 1.29 bits per heavy atom. The normalized spacial score (nSPS) is 9.64. The number of rotatable bonds is 4. The summed E-state index contributed by atoms with van der Waals surface area (Å²) in [5, 5.41) is 0.752. The van der Waals surface area contributed by atoms with Crippen LogP contribution in [0.4, 0.5) is 0 Å². The molecule has 0 atom stereocenters. The van der Waals surface area contributed by atoms with E-state index in [4.69, 9.17) is 9.47 Å². The number of hydrogen-bond acceptors (Lipinski definition) is 2. The minimum Gasteiger partial charge on any atom is -0.493 e. The Labute approximate surface area is 92.7 Å². The number of halogens is 1. The van der Waals surface area contributed by atoms with Crippen LogP contribution in [0.5, 0.6) is 11.5 Å². The zero-order chi connectivity index (χ0) is 10.6. The van der Waals surface area contributed by atoms with Gasteiger partial charge in [0, 0.05) is 5.33 Å². The highest BCUT2D eigenvalue weighted by atomic mass is 79.9. The maximum Gasteiger partial charge on any atom is 0.161 e. The second-order valence-corrected chi connectivity index (χ2v) is 3.37. The van der Waals surface area contributed by atoms with Crippen LogP contribution < -0.4 is 9.47 Å². The molecule has 0 aliphatic rings. The fourth-order valence-electron chi connectivity index (χ4n) is 1.13. The minimum atomic E-state index is 0.729. The van der Waals surface area contributed by atoms with Crippen molar-refractivity contribution < 1.29 is 9.47 Å². The summed E-state index contributed by atoms with van der Waals surface area (Å²) in [6.45, 7) is 3.93. The average molecular weight is 257 g/mol. The molecule has 0 heterocycles. The van der Waals surface area contributed by atoms with Gasteiger partial charge in [0.15, 0.2) is 11.5 Å². The molecule has 2 nitrogen and oxygen atoms in total. The van der Waals surface area contributed by atoms with Crippen LogP contribution in [-0.2, 0) is 0 Å². The molecular weight excluding hydrogens is 244 g/mol. The molecule has 0 unspecified atom stereocenters. The van der Waals surface area contributed by atoms with Crippen LogP contribution in [0, 0.1) is 0 Å². The molecule has 76 valence electrons. The Hall–Kier alpha value is -0.960. The highest BCUT2D eigenvalue weighted by molar-refractivity contribution is 9.09. The van der Waals surface area contributed by atoms with Crippen LogP contribution in [-0.4, -0.2) is 19.5 Å². The molecule has 1 rings (SSSR count). The average Bonchev–Trinajstić information content (AvgIpc) is 2.26. The predicted molar refractivity (Wildman–Crippen MR) is 62.4 cm³/mol. The zero-order valence-electron chi connectivity index (χ0n) is 8.34. The van der Waals surface area contributed by atoms with Gasteiger partial charge in [0.25, 0.3) is 0 Å². The van der Waals surface area contributed by atoms with Crippen LogP contribution in [0.3, 0.4) is 0 Å². The van der Waals surface area contributed by atoms with E-state index in [1.54, 1.807) is 14.2 Å². The third kappa shape index (κ3) is 2.29. The quantitative estimate of drug-likeness (QED) is 0.771. The fraction of sp³-hybridized carbons (Fsp3) is 0.273. The van der Waals surface area contributed by atoms with Crippen molar-refractivity contribution in [1.82, 2.24) is 0 Å². The number of methoxy groups -OCH3 is 2. The first-order chi connectivity index (χ1) is 6.72. The summed E-state index contributed by atoms with van der Waals surface area (Å²) in [4.78, 5) is 0. The zero-order valence-corrected chi connectivity index (χ0v) is 9.93. The molecule has 0 fully saturated rings. The Morgan fingerprint density at radius 3 is 2.43 bits per heavy atom. The molecule has 0 saturated heterocycles. The smallest absolute Gasteiger partial charge is 0.161 e. The molecule has 0 N–H and O–H groups in total. The van der Waals surface area contributed by atoms with E-state index in [1.165, 1.54) is 0 Å². The van der Waals surface area contributed by atoms with E-state index in [2.05, 4.69) is 22.5 Å². The Bertz CT molecular complexity index is 334. The van der Waals surface area contributed by atoms with Crippen LogP contribution in [0.1, 0.15) is 5.56 Å². The molecule has 0 spiro atoms. The molecule has 0 saturated carbocycles. The lowest BCUT2D eigenvalue weighted by molar-refractivity contribution is 0.355.